The molecule has 1 amide bonds. The van der Waals surface area contributed by atoms with Crippen LogP contribution in [0.2, 0.25) is 0 Å². The first-order valence-electron chi connectivity index (χ1n) is 6.22. The average Bonchev–Trinajstić information content (AvgIpc) is 2.24. The van der Waals surface area contributed by atoms with E-state index in [-0.39, 0.29) is 6.61 Å². The number of alkyl halides is 1. The van der Waals surface area contributed by atoms with Gasteiger partial charge in [-0.3, -0.25) is 4.90 Å². The smallest absolute Gasteiger partial charge is 0.409 e. The number of halogens is 1. The van der Waals surface area contributed by atoms with Gasteiger partial charge in [0.1, 0.15) is 13.3 Å². The molecule has 1 saturated heterocycles. The molecule has 4 nitrogen and oxygen atoms in total. The van der Waals surface area contributed by atoms with Gasteiger partial charge in [-0.05, 0) is 27.7 Å². The van der Waals surface area contributed by atoms with E-state index in [2.05, 4.69) is 32.6 Å². The fraction of sp³-hybridized carbons (Fsp3) is 0.917. The summed E-state index contributed by atoms with van der Waals surface area (Å²) in [5.74, 6) is 0. The lowest BCUT2D eigenvalue weighted by Crippen LogP contribution is -2.60. The van der Waals surface area contributed by atoms with E-state index in [0.717, 1.165) is 0 Å². The van der Waals surface area contributed by atoms with Crippen LogP contribution in [0.5, 0.6) is 0 Å². The fourth-order valence-electron chi connectivity index (χ4n) is 2.72. The average molecular weight is 246 g/mol. The summed E-state index contributed by atoms with van der Waals surface area (Å²) in [6.07, 6.45) is -0.398. The lowest BCUT2D eigenvalue weighted by Gasteiger charge is -2.46. The Bertz CT molecular complexity index is 249. The van der Waals surface area contributed by atoms with E-state index < -0.39 is 12.8 Å². The highest BCUT2D eigenvalue weighted by atomic mass is 19.1. The zero-order valence-electron chi connectivity index (χ0n) is 11.1. The molecule has 0 aromatic heterocycles. The lowest BCUT2D eigenvalue weighted by atomic mass is 10.1. The predicted octanol–water partition coefficient (Wildman–Crippen LogP) is 1.90. The zero-order chi connectivity index (χ0) is 13.0. The third kappa shape index (κ3) is 3.56. The number of piperazine rings is 1. The number of hydrogen-bond acceptors (Lipinski definition) is 3. The van der Waals surface area contributed by atoms with E-state index in [1.807, 2.05) is 0 Å². The van der Waals surface area contributed by atoms with Crippen molar-refractivity contribution in [2.45, 2.75) is 45.8 Å². The van der Waals surface area contributed by atoms with Gasteiger partial charge < -0.3 is 9.64 Å². The van der Waals surface area contributed by atoms with Crippen molar-refractivity contribution in [3.8, 4) is 0 Å². The summed E-state index contributed by atoms with van der Waals surface area (Å²) in [6.45, 7) is 9.04. The second-order valence-corrected chi connectivity index (χ2v) is 4.95. The maximum atomic E-state index is 11.9. The van der Waals surface area contributed by atoms with Crippen LogP contribution in [0.1, 0.15) is 27.7 Å². The molecule has 0 bridgehead atoms. The molecule has 0 spiro atoms. The normalized spacial score (nSPS) is 26.4. The number of ether oxygens (including phenoxy) is 1. The first-order valence-corrected chi connectivity index (χ1v) is 6.22. The van der Waals surface area contributed by atoms with Crippen LogP contribution in [0.4, 0.5) is 9.18 Å². The number of carbonyl (C=O) groups excluding carboxylic acids is 1. The van der Waals surface area contributed by atoms with Crippen LogP contribution >= 0.6 is 0 Å². The second-order valence-electron chi connectivity index (χ2n) is 4.95. The number of hydrogen-bond donors (Lipinski definition) is 0. The quantitative estimate of drug-likeness (QED) is 0.762. The summed E-state index contributed by atoms with van der Waals surface area (Å²) in [7, 11) is 0. The van der Waals surface area contributed by atoms with Crippen LogP contribution < -0.4 is 0 Å². The van der Waals surface area contributed by atoms with E-state index >= 15 is 0 Å². The topological polar surface area (TPSA) is 32.8 Å². The van der Waals surface area contributed by atoms with Crippen molar-refractivity contribution < 1.29 is 13.9 Å². The molecule has 2 atom stereocenters. The molecule has 1 aliphatic heterocycles. The Kier molecular flexibility index (Phi) is 5.18. The molecule has 1 aliphatic rings. The maximum Gasteiger partial charge on any atom is 0.409 e. The largest absolute Gasteiger partial charge is 0.447 e. The molecular formula is C12H23FN2O2. The third-order valence-corrected chi connectivity index (χ3v) is 3.14. The number of carbonyl (C=O) groups is 1. The zero-order valence-corrected chi connectivity index (χ0v) is 11.1. The van der Waals surface area contributed by atoms with Crippen molar-refractivity contribution in [1.29, 1.82) is 0 Å². The highest BCUT2D eigenvalue weighted by molar-refractivity contribution is 5.67. The van der Waals surface area contributed by atoms with Crippen LogP contribution in [-0.4, -0.2) is 60.4 Å². The Morgan fingerprint density at radius 2 is 1.88 bits per heavy atom. The summed E-state index contributed by atoms with van der Waals surface area (Å²) in [6, 6.07) is 1.07. The molecule has 5 heteroatoms. The standard InChI is InChI=1S/C12H23FN2O2/c1-9(2)15-10(3)7-14(8-11(15)4)12(16)17-6-5-13/h9-11H,5-8H2,1-4H3. The Labute approximate surface area is 103 Å². The van der Waals surface area contributed by atoms with Gasteiger partial charge >= 0.3 is 6.09 Å². The highest BCUT2D eigenvalue weighted by Gasteiger charge is 2.33. The van der Waals surface area contributed by atoms with Crippen molar-refractivity contribution in [3.05, 3.63) is 0 Å². The number of amides is 1. The summed E-state index contributed by atoms with van der Waals surface area (Å²) < 4.78 is 16.8. The van der Waals surface area contributed by atoms with Crippen LogP contribution in [-0.2, 0) is 4.74 Å². The summed E-state index contributed by atoms with van der Waals surface area (Å²) in [5, 5.41) is 0. The second kappa shape index (κ2) is 6.19. The summed E-state index contributed by atoms with van der Waals surface area (Å²) in [4.78, 5) is 15.7. The molecule has 0 aromatic rings. The Morgan fingerprint density at radius 1 is 1.35 bits per heavy atom. The third-order valence-electron chi connectivity index (χ3n) is 3.14. The Balaban J connectivity index is 2.56. The van der Waals surface area contributed by atoms with Gasteiger partial charge in [0.05, 0.1) is 0 Å². The molecule has 0 aliphatic carbocycles. The monoisotopic (exact) mass is 246 g/mol. The maximum absolute atomic E-state index is 11.9. The summed E-state index contributed by atoms with van der Waals surface area (Å²) >= 11 is 0. The first-order chi connectivity index (χ1) is 7.97. The molecule has 2 unspecified atom stereocenters. The van der Waals surface area contributed by atoms with E-state index in [0.29, 0.717) is 31.2 Å². The van der Waals surface area contributed by atoms with E-state index in [9.17, 15) is 9.18 Å². The minimum absolute atomic E-state index is 0.147. The van der Waals surface area contributed by atoms with Crippen LogP contribution in [0.15, 0.2) is 0 Å². The molecule has 0 N–H and O–H groups in total. The van der Waals surface area contributed by atoms with Crippen LogP contribution in [0.25, 0.3) is 0 Å². The van der Waals surface area contributed by atoms with Gasteiger partial charge in [0, 0.05) is 31.2 Å². The van der Waals surface area contributed by atoms with Crippen molar-refractivity contribution in [2.75, 3.05) is 26.4 Å². The van der Waals surface area contributed by atoms with Crippen molar-refractivity contribution >= 4 is 6.09 Å². The van der Waals surface area contributed by atoms with Crippen molar-refractivity contribution in [3.63, 3.8) is 0 Å². The molecule has 1 fully saturated rings. The van der Waals surface area contributed by atoms with Gasteiger partial charge in [-0.25, -0.2) is 9.18 Å². The Morgan fingerprint density at radius 3 is 2.29 bits per heavy atom. The van der Waals surface area contributed by atoms with Crippen LogP contribution in [0.3, 0.4) is 0 Å². The van der Waals surface area contributed by atoms with Gasteiger partial charge in [0.25, 0.3) is 0 Å². The first kappa shape index (κ1) is 14.2. The SMILES string of the molecule is CC(C)N1C(C)CN(C(=O)OCCF)CC1C. The van der Waals surface area contributed by atoms with Gasteiger partial charge in [-0.1, -0.05) is 0 Å². The minimum Gasteiger partial charge on any atom is -0.447 e. The fourth-order valence-corrected chi connectivity index (χ4v) is 2.72. The number of rotatable bonds is 3. The van der Waals surface area contributed by atoms with Crippen molar-refractivity contribution in [1.82, 2.24) is 9.80 Å². The van der Waals surface area contributed by atoms with Gasteiger partial charge in [-0.15, -0.1) is 0 Å². The molecular weight excluding hydrogens is 223 g/mol. The molecule has 1 heterocycles. The van der Waals surface area contributed by atoms with Crippen LogP contribution in [0, 0.1) is 0 Å². The van der Waals surface area contributed by atoms with Gasteiger partial charge in [-0.2, -0.15) is 0 Å². The summed E-state index contributed by atoms with van der Waals surface area (Å²) in [5.41, 5.74) is 0. The number of nitrogens with zero attached hydrogens (tertiary/aromatic N) is 2. The van der Waals surface area contributed by atoms with E-state index in [4.69, 9.17) is 4.74 Å². The Hall–Kier alpha value is -0.840. The van der Waals surface area contributed by atoms with Gasteiger partial charge in [0.15, 0.2) is 0 Å². The predicted molar refractivity (Wildman–Crippen MR) is 64.8 cm³/mol. The molecule has 0 aromatic carbocycles. The van der Waals surface area contributed by atoms with E-state index in [1.165, 1.54) is 0 Å². The molecule has 0 radical (unpaired) electrons. The lowest BCUT2D eigenvalue weighted by molar-refractivity contribution is 0.0101. The minimum atomic E-state index is -0.622. The highest BCUT2D eigenvalue weighted by Crippen LogP contribution is 2.19. The molecule has 100 valence electrons. The van der Waals surface area contributed by atoms with E-state index in [1.54, 1.807) is 4.90 Å². The molecule has 1 rings (SSSR count). The van der Waals surface area contributed by atoms with Crippen molar-refractivity contribution in [2.24, 2.45) is 0 Å². The van der Waals surface area contributed by atoms with Gasteiger partial charge in [0.2, 0.25) is 0 Å². The molecule has 17 heavy (non-hydrogen) atoms. The molecule has 0 saturated carbocycles.